The summed E-state index contributed by atoms with van der Waals surface area (Å²) in [5.41, 5.74) is 2.85. The summed E-state index contributed by atoms with van der Waals surface area (Å²) in [4.78, 5) is 23.5. The third-order valence-electron chi connectivity index (χ3n) is 11.9. The topological polar surface area (TPSA) is 126 Å². The van der Waals surface area contributed by atoms with Crippen LogP contribution in [0.2, 0.25) is 0 Å². The lowest BCUT2D eigenvalue weighted by atomic mass is 9.91. The van der Waals surface area contributed by atoms with Gasteiger partial charge >= 0.3 is 5.97 Å². The lowest BCUT2D eigenvalue weighted by Crippen LogP contribution is -2.31. The highest BCUT2D eigenvalue weighted by atomic mass is 16.5. The molecule has 300 valence electrons. The van der Waals surface area contributed by atoms with Crippen molar-refractivity contribution in [3.05, 3.63) is 59.7 Å². The van der Waals surface area contributed by atoms with Gasteiger partial charge in [-0.3, -0.25) is 9.80 Å². The summed E-state index contributed by atoms with van der Waals surface area (Å²) in [7, 11) is 0. The molecule has 4 atom stereocenters. The van der Waals surface area contributed by atoms with E-state index in [0.29, 0.717) is 23.9 Å². The van der Waals surface area contributed by atoms with Crippen LogP contribution in [-0.2, 0) is 9.59 Å². The van der Waals surface area contributed by atoms with E-state index in [0.717, 1.165) is 24.7 Å². The van der Waals surface area contributed by atoms with Crippen molar-refractivity contribution in [1.82, 2.24) is 20.4 Å². The number of para-hydroxylation sites is 2. The van der Waals surface area contributed by atoms with Gasteiger partial charge in [0.2, 0.25) is 0 Å². The highest BCUT2D eigenvalue weighted by Gasteiger charge is 2.40. The Hall–Kier alpha value is -3.18. The zero-order valence-corrected chi connectivity index (χ0v) is 32.7. The maximum atomic E-state index is 9.04. The number of nitrogens with zero attached hydrogens (tertiary/aromatic N) is 2. The zero-order chi connectivity index (χ0) is 37.8. The van der Waals surface area contributed by atoms with Crippen LogP contribution in [0.3, 0.4) is 0 Å². The summed E-state index contributed by atoms with van der Waals surface area (Å²) in [5.74, 6) is -0.408. The summed E-state index contributed by atoms with van der Waals surface area (Å²) >= 11 is 0. The van der Waals surface area contributed by atoms with E-state index in [9.17, 15) is 0 Å². The first-order chi connectivity index (χ1) is 26.5. The Balaban J connectivity index is 0.000000864. The van der Waals surface area contributed by atoms with E-state index in [-0.39, 0.29) is 0 Å². The molecule has 4 aliphatic heterocycles. The standard InChI is InChI=1S/C42H66N4O2.C2H2O4/c1(3-13-25-43-27-15-5-7-17-29-45-31-23-35-33-47-39-21-11-9-19-37(39)41(35)45)2-4-14-26-44-28-16-6-8-18-30-46-32-24-36-34-48-40-22-12-10-20-38(40)42(36)46;3-1(4)2(5)6/h9-12,19-22,35-36,41-44H,1-8,13-18,23-34H2;(H,3,4)(H,5,6)/p-1/t35-,36+,41-,42+;. The van der Waals surface area contributed by atoms with Crippen LogP contribution in [0.4, 0.5) is 0 Å². The first-order valence-electron chi connectivity index (χ1n) is 21.3. The first-order valence-corrected chi connectivity index (χ1v) is 21.3. The number of hydrogen-bond donors (Lipinski definition) is 3. The van der Waals surface area contributed by atoms with Gasteiger partial charge in [-0.25, -0.2) is 4.79 Å². The van der Waals surface area contributed by atoms with Crippen molar-refractivity contribution in [3.63, 3.8) is 0 Å². The van der Waals surface area contributed by atoms with Crippen LogP contribution in [0.15, 0.2) is 48.5 Å². The number of carboxylic acids is 2. The number of hydrogen-bond acceptors (Lipinski definition) is 9. The SMILES string of the molecule is O=C([O-])C(=O)O.c1ccc2c(c1)OC[C@@H]1CCN(CCCCCCNCCCCCCCCNCCCCCCN3CC[C@@H]4COc5ccccc5[C@@H]43)[C@H]21. The fourth-order valence-electron chi connectivity index (χ4n) is 9.01. The van der Waals surface area contributed by atoms with Crippen molar-refractivity contribution in [1.29, 1.82) is 0 Å². The normalized spacial score (nSPS) is 21.5. The van der Waals surface area contributed by atoms with Crippen LogP contribution in [0, 0.1) is 11.8 Å². The molecule has 2 aromatic rings. The van der Waals surface area contributed by atoms with Crippen molar-refractivity contribution in [2.45, 2.75) is 115 Å². The molecule has 0 amide bonds. The lowest BCUT2D eigenvalue weighted by molar-refractivity contribution is -0.303. The number of rotatable bonds is 23. The average molecular weight is 748 g/mol. The van der Waals surface area contributed by atoms with E-state index in [1.165, 1.54) is 166 Å². The third-order valence-corrected chi connectivity index (χ3v) is 11.9. The highest BCUT2D eigenvalue weighted by molar-refractivity contribution is 6.26. The molecular formula is C44H67N4O6-. The number of unbranched alkanes of at least 4 members (excludes halogenated alkanes) is 11. The summed E-state index contributed by atoms with van der Waals surface area (Å²) in [6.45, 7) is 11.5. The van der Waals surface area contributed by atoms with Crippen molar-refractivity contribution in [2.24, 2.45) is 11.8 Å². The van der Waals surface area contributed by atoms with Crippen LogP contribution in [0.5, 0.6) is 11.5 Å². The van der Waals surface area contributed by atoms with Gasteiger partial charge in [0.25, 0.3) is 0 Å². The smallest absolute Gasteiger partial charge is 0.351 e. The molecule has 0 saturated carbocycles. The minimum atomic E-state index is -2.07. The number of likely N-dealkylation sites (tertiary alicyclic amines) is 2. The molecular weight excluding hydrogens is 681 g/mol. The van der Waals surface area contributed by atoms with Gasteiger partial charge in [-0.2, -0.15) is 0 Å². The third kappa shape index (κ3) is 13.2. The van der Waals surface area contributed by atoms with Gasteiger partial charge in [-0.05, 0) is 116 Å². The molecule has 0 bridgehead atoms. The second-order valence-corrected chi connectivity index (χ2v) is 15.8. The van der Waals surface area contributed by atoms with Crippen molar-refractivity contribution in [3.8, 4) is 11.5 Å². The fourth-order valence-corrected chi connectivity index (χ4v) is 9.01. The highest BCUT2D eigenvalue weighted by Crippen LogP contribution is 2.45. The number of ether oxygens (including phenoxy) is 2. The van der Waals surface area contributed by atoms with Gasteiger partial charge in [0, 0.05) is 35.0 Å². The molecule has 10 nitrogen and oxygen atoms in total. The van der Waals surface area contributed by atoms with Gasteiger partial charge in [0.15, 0.2) is 5.97 Å². The van der Waals surface area contributed by atoms with E-state index in [4.69, 9.17) is 29.3 Å². The van der Waals surface area contributed by atoms with Crippen LogP contribution < -0.4 is 25.2 Å². The molecule has 54 heavy (non-hydrogen) atoms. The van der Waals surface area contributed by atoms with Crippen LogP contribution in [0.25, 0.3) is 0 Å². The Bertz CT molecular complexity index is 1290. The molecule has 2 fully saturated rings. The minimum Gasteiger partial charge on any atom is -0.539 e. The van der Waals surface area contributed by atoms with Crippen molar-refractivity contribution < 1.29 is 29.3 Å². The van der Waals surface area contributed by atoms with Crippen LogP contribution in [-0.4, -0.2) is 92.4 Å². The molecule has 3 N–H and O–H groups in total. The second kappa shape index (κ2) is 23.7. The van der Waals surface area contributed by atoms with E-state index in [1.54, 1.807) is 0 Å². The summed E-state index contributed by atoms with van der Waals surface area (Å²) < 4.78 is 12.0. The predicted octanol–water partition coefficient (Wildman–Crippen LogP) is 6.36. The minimum absolute atomic E-state index is 0.588. The fraction of sp³-hybridized carbons (Fsp3) is 0.682. The number of fused-ring (bicyclic) bond motifs is 6. The number of carbonyl (C=O) groups is 2. The molecule has 2 saturated heterocycles. The molecule has 0 radical (unpaired) electrons. The molecule has 0 aliphatic carbocycles. The predicted molar refractivity (Wildman–Crippen MR) is 212 cm³/mol. The molecule has 0 aromatic heterocycles. The Labute approximate surface area is 324 Å². The lowest BCUT2D eigenvalue weighted by Gasteiger charge is -2.33. The van der Waals surface area contributed by atoms with Crippen LogP contribution >= 0.6 is 0 Å². The van der Waals surface area contributed by atoms with E-state index < -0.39 is 11.9 Å². The molecule has 4 heterocycles. The number of carboxylic acid groups (broad SMARTS) is 2. The largest absolute Gasteiger partial charge is 0.539 e. The molecule has 10 heteroatoms. The maximum Gasteiger partial charge on any atom is 0.351 e. The van der Waals surface area contributed by atoms with E-state index in [1.807, 2.05) is 0 Å². The van der Waals surface area contributed by atoms with E-state index in [2.05, 4.69) is 69.0 Å². The van der Waals surface area contributed by atoms with Gasteiger partial charge in [0.1, 0.15) is 11.5 Å². The summed E-state index contributed by atoms with van der Waals surface area (Å²) in [6, 6.07) is 18.6. The number of aliphatic carboxylic acids is 2. The average Bonchev–Trinajstić information content (AvgIpc) is 3.81. The van der Waals surface area contributed by atoms with Gasteiger partial charge < -0.3 is 35.1 Å². The zero-order valence-electron chi connectivity index (χ0n) is 32.7. The first kappa shape index (κ1) is 42.0. The van der Waals surface area contributed by atoms with Gasteiger partial charge in [-0.1, -0.05) is 87.8 Å². The molecule has 0 unspecified atom stereocenters. The summed E-state index contributed by atoms with van der Waals surface area (Å²) in [6.07, 6.45) is 21.5. The van der Waals surface area contributed by atoms with E-state index >= 15 is 0 Å². The summed E-state index contributed by atoms with van der Waals surface area (Å²) in [5, 5.41) is 23.7. The van der Waals surface area contributed by atoms with Gasteiger partial charge in [-0.15, -0.1) is 0 Å². The van der Waals surface area contributed by atoms with Crippen molar-refractivity contribution in [2.75, 3.05) is 65.6 Å². The maximum absolute atomic E-state index is 9.04. The monoisotopic (exact) mass is 748 g/mol. The Morgan fingerprint density at radius 3 is 1.33 bits per heavy atom. The second-order valence-electron chi connectivity index (χ2n) is 15.8. The van der Waals surface area contributed by atoms with Crippen LogP contribution in [0.1, 0.15) is 126 Å². The van der Waals surface area contributed by atoms with Gasteiger partial charge in [0.05, 0.1) is 13.2 Å². The molecule has 4 aliphatic rings. The Kier molecular flexibility index (Phi) is 18.4. The quantitative estimate of drug-likeness (QED) is 0.0874. The molecule has 6 rings (SSSR count). The molecule has 0 spiro atoms. The number of benzene rings is 2. The number of nitrogens with one attached hydrogen (secondary N) is 2. The Morgan fingerprint density at radius 1 is 0.593 bits per heavy atom. The number of carbonyl (C=O) groups excluding carboxylic acids is 1. The van der Waals surface area contributed by atoms with Crippen molar-refractivity contribution >= 4 is 11.9 Å². The Morgan fingerprint density at radius 2 is 0.944 bits per heavy atom. The molecule has 2 aromatic carbocycles.